The Labute approximate surface area is 172 Å². The second kappa shape index (κ2) is 9.60. The Balaban J connectivity index is 2.18. The first-order valence-corrected chi connectivity index (χ1v) is 11.1. The zero-order valence-electron chi connectivity index (χ0n) is 17.4. The van der Waals surface area contributed by atoms with Gasteiger partial charge >= 0.3 is 0 Å². The van der Waals surface area contributed by atoms with E-state index in [0.29, 0.717) is 17.2 Å². The molecule has 0 aliphatic heterocycles. The van der Waals surface area contributed by atoms with Crippen LogP contribution in [0.2, 0.25) is 0 Å². The molecule has 0 heterocycles. The first-order valence-electron chi connectivity index (χ1n) is 9.23. The molecule has 0 aliphatic rings. The van der Waals surface area contributed by atoms with Gasteiger partial charge in [0.05, 0.1) is 12.0 Å². The highest BCUT2D eigenvalue weighted by atomic mass is 32.2. The second-order valence-electron chi connectivity index (χ2n) is 6.82. The third-order valence-electron chi connectivity index (χ3n) is 4.23. The van der Waals surface area contributed by atoms with E-state index in [1.807, 2.05) is 45.1 Å². The van der Waals surface area contributed by atoms with Gasteiger partial charge in [-0.3, -0.25) is 4.79 Å². The Kier molecular flexibility index (Phi) is 7.45. The summed E-state index contributed by atoms with van der Waals surface area (Å²) in [6.45, 7) is 5.52. The lowest BCUT2D eigenvalue weighted by atomic mass is 10.2. The summed E-state index contributed by atoms with van der Waals surface area (Å²) in [5.74, 6) is 0.777. The van der Waals surface area contributed by atoms with Crippen molar-refractivity contribution >= 4 is 27.5 Å². The summed E-state index contributed by atoms with van der Waals surface area (Å²) in [5, 5.41) is 0. The predicted octanol–water partition coefficient (Wildman–Crippen LogP) is 3.95. The number of rotatable bonds is 8. The van der Waals surface area contributed by atoms with Crippen molar-refractivity contribution in [3.8, 4) is 11.5 Å². The van der Waals surface area contributed by atoms with Gasteiger partial charge in [0.2, 0.25) is 0 Å². The van der Waals surface area contributed by atoms with Gasteiger partial charge < -0.3 is 14.4 Å². The lowest BCUT2D eigenvalue weighted by Crippen LogP contribution is -2.40. The van der Waals surface area contributed by atoms with Gasteiger partial charge in [-0.2, -0.15) is 0 Å². The van der Waals surface area contributed by atoms with Gasteiger partial charge in [-0.15, -0.1) is 0 Å². The van der Waals surface area contributed by atoms with Gasteiger partial charge in [0.25, 0.3) is 5.91 Å². The second-order valence-corrected chi connectivity index (χ2v) is 8.84. The Morgan fingerprint density at radius 2 is 1.76 bits per heavy atom. The molecular weight excluding hydrogens is 390 g/mol. The van der Waals surface area contributed by atoms with Gasteiger partial charge in [-0.1, -0.05) is 18.2 Å². The van der Waals surface area contributed by atoms with Crippen molar-refractivity contribution in [1.29, 1.82) is 0 Å². The minimum absolute atomic E-state index is 0.130. The highest BCUT2D eigenvalue weighted by molar-refractivity contribution is 7.90. The number of nitrogens with zero attached hydrogens (tertiary/aromatic N) is 1. The first kappa shape index (κ1) is 22.5. The van der Waals surface area contributed by atoms with Crippen LogP contribution in [0.25, 0.3) is 6.08 Å². The number of carbonyl (C=O) groups is 1. The number of methoxy groups -OCH3 is 1. The van der Waals surface area contributed by atoms with Crippen LogP contribution in [0.3, 0.4) is 0 Å². The first-order chi connectivity index (χ1) is 13.7. The van der Waals surface area contributed by atoms with Crippen molar-refractivity contribution in [1.82, 2.24) is 0 Å². The number of carbonyl (C=O) groups excluding carboxylic acids is 1. The smallest absolute Gasteiger partial charge is 0.265 e. The molecule has 2 rings (SSSR count). The maximum Gasteiger partial charge on any atom is 0.265 e. The fourth-order valence-electron chi connectivity index (χ4n) is 2.89. The number of amides is 1. The summed E-state index contributed by atoms with van der Waals surface area (Å²) >= 11 is 0. The number of anilines is 1. The molecule has 0 atom stereocenters. The van der Waals surface area contributed by atoms with Crippen molar-refractivity contribution in [3.63, 3.8) is 0 Å². The van der Waals surface area contributed by atoms with E-state index in [2.05, 4.69) is 0 Å². The molecule has 2 aromatic carbocycles. The molecule has 0 N–H and O–H groups in total. The van der Waals surface area contributed by atoms with Crippen LogP contribution in [0, 0.1) is 0 Å². The summed E-state index contributed by atoms with van der Waals surface area (Å²) in [6.07, 6.45) is 5.02. The van der Waals surface area contributed by atoms with Crippen LogP contribution >= 0.6 is 0 Å². The van der Waals surface area contributed by atoms with Gasteiger partial charge in [0.1, 0.15) is 0 Å². The van der Waals surface area contributed by atoms with Crippen molar-refractivity contribution < 1.29 is 22.7 Å². The van der Waals surface area contributed by atoms with Crippen LogP contribution in [0.15, 0.2) is 53.4 Å². The number of hydrogen-bond acceptors (Lipinski definition) is 5. The Hall–Kier alpha value is -2.80. The van der Waals surface area contributed by atoms with E-state index in [4.69, 9.17) is 9.47 Å². The van der Waals surface area contributed by atoms with E-state index >= 15 is 0 Å². The SMILES string of the molecule is C/C=C/c1ccc(OCC(=O)N(c2ccc(S(C)(=O)=O)cc2)C(C)C)c(OC)c1. The van der Waals surface area contributed by atoms with Gasteiger partial charge in [-0.05, 0) is 62.7 Å². The van der Waals surface area contributed by atoms with Crippen molar-refractivity contribution in [2.45, 2.75) is 31.7 Å². The molecule has 0 bridgehead atoms. The molecule has 2 aromatic rings. The summed E-state index contributed by atoms with van der Waals surface area (Å²) in [5.41, 5.74) is 1.58. The lowest BCUT2D eigenvalue weighted by Gasteiger charge is -2.27. The lowest BCUT2D eigenvalue weighted by molar-refractivity contribution is -0.120. The van der Waals surface area contributed by atoms with E-state index < -0.39 is 9.84 Å². The minimum Gasteiger partial charge on any atom is -0.493 e. The minimum atomic E-state index is -3.29. The fourth-order valence-corrected chi connectivity index (χ4v) is 3.52. The van der Waals surface area contributed by atoms with E-state index in [-0.39, 0.29) is 23.5 Å². The number of allylic oxidation sites excluding steroid dienone is 1. The molecule has 1 amide bonds. The van der Waals surface area contributed by atoms with E-state index in [1.165, 1.54) is 12.1 Å². The van der Waals surface area contributed by atoms with Crippen molar-refractivity contribution in [2.75, 3.05) is 24.9 Å². The van der Waals surface area contributed by atoms with Crippen LogP contribution in [-0.4, -0.2) is 40.3 Å². The molecule has 0 saturated carbocycles. The maximum atomic E-state index is 12.8. The average Bonchev–Trinajstić information content (AvgIpc) is 2.66. The molecule has 7 heteroatoms. The highest BCUT2D eigenvalue weighted by Crippen LogP contribution is 2.29. The standard InChI is InChI=1S/C22H27NO5S/c1-6-7-17-8-13-20(21(14-17)27-4)28-15-22(24)23(16(2)3)18-9-11-19(12-10-18)29(5,25)26/h6-14,16H,15H2,1-5H3/b7-6+. The van der Waals surface area contributed by atoms with Crippen LogP contribution in [0.4, 0.5) is 5.69 Å². The highest BCUT2D eigenvalue weighted by Gasteiger charge is 2.21. The molecule has 0 aromatic heterocycles. The number of ether oxygens (including phenoxy) is 2. The molecule has 0 radical (unpaired) electrons. The number of hydrogen-bond donors (Lipinski definition) is 0. The van der Waals surface area contributed by atoms with E-state index in [9.17, 15) is 13.2 Å². The van der Waals surface area contributed by atoms with Crippen LogP contribution in [0.1, 0.15) is 26.3 Å². The summed E-state index contributed by atoms with van der Waals surface area (Å²) < 4.78 is 34.4. The summed E-state index contributed by atoms with van der Waals surface area (Å²) in [7, 11) is -1.75. The average molecular weight is 418 g/mol. The quantitative estimate of drug-likeness (QED) is 0.650. The summed E-state index contributed by atoms with van der Waals surface area (Å²) in [6, 6.07) is 11.6. The topological polar surface area (TPSA) is 72.9 Å². The van der Waals surface area contributed by atoms with Crippen LogP contribution in [0.5, 0.6) is 11.5 Å². The van der Waals surface area contributed by atoms with Gasteiger partial charge in [0, 0.05) is 18.0 Å². The molecule has 0 saturated heterocycles. The van der Waals surface area contributed by atoms with E-state index in [1.54, 1.807) is 30.2 Å². The number of sulfone groups is 1. The van der Waals surface area contributed by atoms with Crippen molar-refractivity contribution in [3.05, 3.63) is 54.1 Å². The Morgan fingerprint density at radius 3 is 2.28 bits per heavy atom. The molecule has 156 valence electrons. The molecular formula is C22H27NO5S. The normalized spacial score (nSPS) is 11.7. The van der Waals surface area contributed by atoms with Gasteiger partial charge in [-0.25, -0.2) is 8.42 Å². The van der Waals surface area contributed by atoms with Gasteiger partial charge in [0.15, 0.2) is 27.9 Å². The molecule has 0 unspecified atom stereocenters. The molecule has 6 nitrogen and oxygen atoms in total. The largest absolute Gasteiger partial charge is 0.493 e. The van der Waals surface area contributed by atoms with E-state index in [0.717, 1.165) is 11.8 Å². The molecule has 0 aliphatic carbocycles. The van der Waals surface area contributed by atoms with Crippen LogP contribution in [-0.2, 0) is 14.6 Å². The maximum absolute atomic E-state index is 12.8. The third-order valence-corrected chi connectivity index (χ3v) is 5.35. The number of benzene rings is 2. The Morgan fingerprint density at radius 1 is 1.10 bits per heavy atom. The molecule has 29 heavy (non-hydrogen) atoms. The van der Waals surface area contributed by atoms with Crippen LogP contribution < -0.4 is 14.4 Å². The Bertz CT molecular complexity index is 979. The zero-order chi connectivity index (χ0) is 21.6. The van der Waals surface area contributed by atoms with Crippen molar-refractivity contribution in [2.24, 2.45) is 0 Å². The molecule has 0 fully saturated rings. The summed E-state index contributed by atoms with van der Waals surface area (Å²) in [4.78, 5) is 14.6. The zero-order valence-corrected chi connectivity index (χ0v) is 18.2. The molecule has 0 spiro atoms. The monoisotopic (exact) mass is 417 g/mol. The predicted molar refractivity (Wildman–Crippen MR) is 115 cm³/mol. The third kappa shape index (κ3) is 5.84. The fraction of sp³-hybridized carbons (Fsp3) is 0.318.